The van der Waals surface area contributed by atoms with Gasteiger partial charge in [0, 0.05) is 33.2 Å². The Bertz CT molecular complexity index is 194. The summed E-state index contributed by atoms with van der Waals surface area (Å²) in [6.07, 6.45) is 0. The normalized spacial score (nSPS) is 37.3. The molecule has 1 aliphatic carbocycles. The third kappa shape index (κ3) is 1.16. The Morgan fingerprint density at radius 3 is 2.50 bits per heavy atom. The van der Waals surface area contributed by atoms with Crippen LogP contribution in [-0.4, -0.2) is 44.2 Å². The van der Waals surface area contributed by atoms with Crippen LogP contribution >= 0.6 is 0 Å². The van der Waals surface area contributed by atoms with Gasteiger partial charge in [0.2, 0.25) is 0 Å². The molecule has 1 saturated carbocycles. The summed E-state index contributed by atoms with van der Waals surface area (Å²) < 4.78 is 0. The van der Waals surface area contributed by atoms with Gasteiger partial charge in [0.15, 0.2) is 0 Å². The van der Waals surface area contributed by atoms with Crippen LogP contribution in [0.3, 0.4) is 0 Å². The molecule has 2 N–H and O–H groups in total. The van der Waals surface area contributed by atoms with Gasteiger partial charge in [-0.05, 0) is 11.8 Å². The number of amides is 2. The molecule has 4 nitrogen and oxygen atoms in total. The lowest BCUT2D eigenvalue weighted by molar-refractivity contribution is 0.215. The second kappa shape index (κ2) is 2.62. The fourth-order valence-electron chi connectivity index (χ4n) is 1.90. The number of nitrogens with one attached hydrogen (secondary N) is 2. The minimum Gasteiger partial charge on any atom is -0.335 e. The Hall–Kier alpha value is -0.770. The quantitative estimate of drug-likeness (QED) is 0.554. The summed E-state index contributed by atoms with van der Waals surface area (Å²) in [6.45, 7) is 2.14. The van der Waals surface area contributed by atoms with E-state index in [4.69, 9.17) is 0 Å². The molecule has 0 radical (unpaired) electrons. The highest BCUT2D eigenvalue weighted by molar-refractivity contribution is 5.74. The molecule has 1 saturated heterocycles. The molecule has 0 aromatic carbocycles. The topological polar surface area (TPSA) is 44.4 Å². The van der Waals surface area contributed by atoms with Gasteiger partial charge in [-0.1, -0.05) is 0 Å². The molecule has 4 heteroatoms. The number of carbonyl (C=O) groups is 1. The predicted molar refractivity (Wildman–Crippen MR) is 45.9 cm³/mol. The van der Waals surface area contributed by atoms with Crippen LogP contribution < -0.4 is 10.6 Å². The second-order valence-corrected chi connectivity index (χ2v) is 3.86. The molecule has 0 aromatic rings. The maximum atomic E-state index is 11.2. The van der Waals surface area contributed by atoms with Gasteiger partial charge in [-0.25, -0.2) is 4.79 Å². The highest BCUT2D eigenvalue weighted by Crippen LogP contribution is 2.41. The van der Waals surface area contributed by atoms with Gasteiger partial charge in [-0.3, -0.25) is 0 Å². The molecule has 12 heavy (non-hydrogen) atoms. The zero-order valence-electron chi connectivity index (χ0n) is 7.50. The molecule has 1 unspecified atom stereocenters. The zero-order valence-corrected chi connectivity index (χ0v) is 7.50. The van der Waals surface area contributed by atoms with Gasteiger partial charge in [-0.2, -0.15) is 0 Å². The summed E-state index contributed by atoms with van der Waals surface area (Å²) in [4.78, 5) is 12.8. The monoisotopic (exact) mass is 169 g/mol. The van der Waals surface area contributed by atoms with Gasteiger partial charge in [-0.15, -0.1) is 0 Å². The largest absolute Gasteiger partial charge is 0.335 e. The van der Waals surface area contributed by atoms with E-state index < -0.39 is 0 Å². The van der Waals surface area contributed by atoms with Crippen LogP contribution in [-0.2, 0) is 0 Å². The first-order chi connectivity index (χ1) is 5.70. The summed E-state index contributed by atoms with van der Waals surface area (Å²) >= 11 is 0. The van der Waals surface area contributed by atoms with Crippen molar-refractivity contribution in [1.29, 1.82) is 0 Å². The number of urea groups is 1. The number of hydrogen-bond acceptors (Lipinski definition) is 2. The molecule has 0 aromatic heterocycles. The Morgan fingerprint density at radius 2 is 2.00 bits per heavy atom. The van der Waals surface area contributed by atoms with Crippen molar-refractivity contribution in [1.82, 2.24) is 15.5 Å². The molecule has 2 rings (SSSR count). The maximum Gasteiger partial charge on any atom is 0.317 e. The van der Waals surface area contributed by atoms with Gasteiger partial charge < -0.3 is 15.5 Å². The molecular formula is C8H15N3O. The molecular weight excluding hydrogens is 154 g/mol. The van der Waals surface area contributed by atoms with E-state index in [0.717, 1.165) is 13.1 Å². The number of fused-ring (bicyclic) bond motifs is 1. The summed E-state index contributed by atoms with van der Waals surface area (Å²) in [5.41, 5.74) is 0. The number of carbonyl (C=O) groups excluding carboxylic acids is 1. The molecule has 1 heterocycles. The molecule has 68 valence electrons. The van der Waals surface area contributed by atoms with Crippen LogP contribution in [0.4, 0.5) is 4.79 Å². The minimum atomic E-state index is 0.0365. The second-order valence-electron chi connectivity index (χ2n) is 3.86. The van der Waals surface area contributed by atoms with Crippen LogP contribution in [0.5, 0.6) is 0 Å². The number of piperidine rings is 1. The van der Waals surface area contributed by atoms with Crippen molar-refractivity contribution in [2.45, 2.75) is 6.04 Å². The first-order valence-electron chi connectivity index (χ1n) is 4.38. The Labute approximate surface area is 72.3 Å². The predicted octanol–water partition coefficient (Wildman–Crippen LogP) is -0.525. The summed E-state index contributed by atoms with van der Waals surface area (Å²) in [5.74, 6) is 1.41. The molecule has 0 bridgehead atoms. The van der Waals surface area contributed by atoms with Crippen LogP contribution in [0.1, 0.15) is 0 Å². The molecule has 0 spiro atoms. The van der Waals surface area contributed by atoms with Crippen LogP contribution in [0.2, 0.25) is 0 Å². The van der Waals surface area contributed by atoms with Crippen molar-refractivity contribution in [2.75, 3.05) is 27.2 Å². The summed E-state index contributed by atoms with van der Waals surface area (Å²) in [5, 5.41) is 6.29. The fourth-order valence-corrected chi connectivity index (χ4v) is 1.90. The molecule has 1 aliphatic heterocycles. The molecule has 2 amide bonds. The average molecular weight is 169 g/mol. The molecule has 3 atom stereocenters. The van der Waals surface area contributed by atoms with Gasteiger partial charge in [0.1, 0.15) is 0 Å². The van der Waals surface area contributed by atoms with Gasteiger partial charge >= 0.3 is 6.03 Å². The highest BCUT2D eigenvalue weighted by Gasteiger charge is 2.53. The van der Waals surface area contributed by atoms with E-state index >= 15 is 0 Å². The van der Waals surface area contributed by atoms with E-state index in [2.05, 4.69) is 10.6 Å². The Balaban J connectivity index is 1.79. The summed E-state index contributed by atoms with van der Waals surface area (Å²) in [7, 11) is 3.54. The lowest BCUT2D eigenvalue weighted by atomic mass is 10.4. The van der Waals surface area contributed by atoms with E-state index in [1.807, 2.05) is 0 Å². The number of rotatable bonds is 1. The van der Waals surface area contributed by atoms with E-state index in [-0.39, 0.29) is 6.03 Å². The van der Waals surface area contributed by atoms with Crippen molar-refractivity contribution in [3.8, 4) is 0 Å². The number of hydrogen-bond donors (Lipinski definition) is 2. The molecule has 2 fully saturated rings. The highest BCUT2D eigenvalue weighted by atomic mass is 16.2. The SMILES string of the molecule is CN(C)C(=O)NC1[C@H]2CNC[C@@H]12. The van der Waals surface area contributed by atoms with Crippen molar-refractivity contribution in [2.24, 2.45) is 11.8 Å². The lowest BCUT2D eigenvalue weighted by Crippen LogP contribution is -2.39. The minimum absolute atomic E-state index is 0.0365. The number of nitrogens with zero attached hydrogens (tertiary/aromatic N) is 1. The maximum absolute atomic E-state index is 11.2. The zero-order chi connectivity index (χ0) is 8.72. The van der Waals surface area contributed by atoms with Crippen LogP contribution in [0, 0.1) is 11.8 Å². The van der Waals surface area contributed by atoms with Crippen molar-refractivity contribution >= 4 is 6.03 Å². The fraction of sp³-hybridized carbons (Fsp3) is 0.875. The lowest BCUT2D eigenvalue weighted by Gasteiger charge is -2.13. The van der Waals surface area contributed by atoms with Crippen molar-refractivity contribution < 1.29 is 4.79 Å². The summed E-state index contributed by atoms with van der Waals surface area (Å²) in [6, 6.07) is 0.482. The average Bonchev–Trinajstić information content (AvgIpc) is 2.46. The third-order valence-electron chi connectivity index (χ3n) is 2.79. The Morgan fingerprint density at radius 1 is 1.42 bits per heavy atom. The van der Waals surface area contributed by atoms with Crippen molar-refractivity contribution in [3.63, 3.8) is 0 Å². The smallest absolute Gasteiger partial charge is 0.317 e. The Kier molecular flexibility index (Phi) is 1.72. The standard InChI is InChI=1S/C8H15N3O/c1-11(2)8(12)10-7-5-3-9-4-6(5)7/h5-7,9H,3-4H2,1-2H3,(H,10,12)/t5-,6+,7?. The van der Waals surface area contributed by atoms with Crippen LogP contribution in [0.15, 0.2) is 0 Å². The van der Waals surface area contributed by atoms with E-state index in [0.29, 0.717) is 17.9 Å². The first-order valence-corrected chi connectivity index (χ1v) is 4.38. The van der Waals surface area contributed by atoms with Gasteiger partial charge in [0.25, 0.3) is 0 Å². The third-order valence-corrected chi connectivity index (χ3v) is 2.79. The first kappa shape index (κ1) is 7.86. The van der Waals surface area contributed by atoms with Gasteiger partial charge in [0.05, 0.1) is 0 Å². The van der Waals surface area contributed by atoms with Crippen LogP contribution in [0.25, 0.3) is 0 Å². The van der Waals surface area contributed by atoms with Crippen molar-refractivity contribution in [3.05, 3.63) is 0 Å². The van der Waals surface area contributed by atoms with E-state index in [1.54, 1.807) is 19.0 Å². The van der Waals surface area contributed by atoms with E-state index in [9.17, 15) is 4.79 Å². The molecule has 2 aliphatic rings. The van der Waals surface area contributed by atoms with E-state index in [1.165, 1.54) is 0 Å².